The molecule has 0 aromatic heterocycles. The van der Waals surface area contributed by atoms with Crippen LogP contribution in [0.3, 0.4) is 0 Å². The number of primary amides is 4. The van der Waals surface area contributed by atoms with Crippen molar-refractivity contribution in [3.63, 3.8) is 0 Å². The first kappa shape index (κ1) is 55.2. The van der Waals surface area contributed by atoms with E-state index in [0.717, 1.165) is 0 Å². The molecular weight excluding hydrogens is 804 g/mol. The summed E-state index contributed by atoms with van der Waals surface area (Å²) in [5.74, 6) is -9.01. The lowest BCUT2D eigenvalue weighted by Gasteiger charge is -2.27. The maximum Gasteiger partial charge on any atom is 0.243 e. The highest BCUT2D eigenvalue weighted by molar-refractivity contribution is 5.97. The van der Waals surface area contributed by atoms with Crippen LogP contribution in [0.15, 0.2) is 0 Å². The van der Waals surface area contributed by atoms with Crippen molar-refractivity contribution in [3.05, 3.63) is 0 Å². The minimum Gasteiger partial charge on any atom is -0.370 e. The molecule has 0 fully saturated rings. The first-order valence-corrected chi connectivity index (χ1v) is 20.0. The summed E-state index contributed by atoms with van der Waals surface area (Å²) in [7, 11) is 0. The molecule has 0 saturated carbocycles. The number of Topliss-reactive ketones (excluding diaryl/α,β-unsaturated/α-hetero) is 1. The summed E-state index contributed by atoms with van der Waals surface area (Å²) in [5.41, 5.74) is 43.7. The van der Waals surface area contributed by atoms with Crippen molar-refractivity contribution in [2.45, 2.75) is 139 Å². The van der Waals surface area contributed by atoms with E-state index < -0.39 is 108 Å². The van der Waals surface area contributed by atoms with Gasteiger partial charge in [0.1, 0.15) is 30.2 Å². The number of carbonyl (C=O) groups is 11. The van der Waals surface area contributed by atoms with Gasteiger partial charge in [-0.1, -0.05) is 0 Å². The summed E-state index contributed by atoms with van der Waals surface area (Å²) in [6, 6.07) is -9.41. The largest absolute Gasteiger partial charge is 0.370 e. The van der Waals surface area contributed by atoms with Crippen molar-refractivity contribution >= 4 is 64.9 Å². The minimum atomic E-state index is -1.55. The van der Waals surface area contributed by atoms with Crippen LogP contribution in [0.25, 0.3) is 0 Å². The molecule has 0 aliphatic rings. The molecule has 0 bridgehead atoms. The highest BCUT2D eigenvalue weighted by atomic mass is 16.2. The molecule has 0 unspecified atom stereocenters. The van der Waals surface area contributed by atoms with Crippen LogP contribution in [0, 0.1) is 0 Å². The number of amides is 10. The fourth-order valence-electron chi connectivity index (χ4n) is 5.62. The van der Waals surface area contributed by atoms with Crippen LogP contribution in [-0.4, -0.2) is 127 Å². The monoisotopic (exact) mass is 871 g/mol. The average Bonchev–Trinajstić information content (AvgIpc) is 3.19. The number of carbonyl (C=O) groups excluding carboxylic acids is 11. The molecule has 7 atom stereocenters. The molecule has 25 nitrogen and oxygen atoms in total. The van der Waals surface area contributed by atoms with Gasteiger partial charge in [-0.2, -0.15) is 0 Å². The quantitative estimate of drug-likeness (QED) is 0.0286. The zero-order valence-electron chi connectivity index (χ0n) is 34.7. The Kier molecular flexibility index (Phi) is 27.4. The van der Waals surface area contributed by atoms with Gasteiger partial charge in [0.25, 0.3) is 0 Å². The average molecular weight is 871 g/mol. The van der Waals surface area contributed by atoms with E-state index in [1.165, 1.54) is 6.92 Å². The third kappa shape index (κ3) is 24.2. The predicted molar refractivity (Wildman–Crippen MR) is 219 cm³/mol. The SMILES string of the molecule is CC(=O)[C@H](CCCN)NC(=O)[C@H](CCC(N)=O)NC(=O)[C@H](CCCN)NC(=O)[C@H](CCC(N)=O)NC(=O)[C@H](CCCN)NC(=O)[C@H](CCC(N)=O)NC(=O)[C@@H](N)CCC(N)=O. The van der Waals surface area contributed by atoms with Gasteiger partial charge in [-0.3, -0.25) is 52.7 Å². The molecule has 0 radical (unpaired) electrons. The standard InChI is InChI=1S/C36H66N14O11/c1-19(51)21(5-2-16-37)45-34(59)25(10-14-29(43)54)49-32(57)23(7-4-18-39)48-36(61)26(11-15-30(44)55)50-33(58)22(6-3-17-38)47-35(60)24(9-13-28(42)53)46-31(56)20(40)8-12-27(41)52/h20-26H,2-18,37-40H2,1H3,(H2,41,52)(H2,42,53)(H2,43,54)(H2,44,55)(H,45,59)(H,46,56)(H,47,60)(H,48,61)(H,49,57)(H,50,58)/t20-,21-,22-,23-,24-,25-,26-/m0/s1. The van der Waals surface area contributed by atoms with Crippen molar-refractivity contribution in [2.24, 2.45) is 45.9 Å². The smallest absolute Gasteiger partial charge is 0.243 e. The van der Waals surface area contributed by atoms with E-state index in [2.05, 4.69) is 31.9 Å². The fraction of sp³-hybridized carbons (Fsp3) is 0.694. The number of ketones is 1. The lowest BCUT2D eigenvalue weighted by Crippen LogP contribution is -2.60. The van der Waals surface area contributed by atoms with Gasteiger partial charge < -0.3 is 77.8 Å². The van der Waals surface area contributed by atoms with Crippen LogP contribution in [0.4, 0.5) is 0 Å². The zero-order chi connectivity index (χ0) is 46.7. The first-order chi connectivity index (χ1) is 28.7. The van der Waals surface area contributed by atoms with E-state index in [0.29, 0.717) is 6.42 Å². The second-order valence-corrected chi connectivity index (χ2v) is 14.4. The van der Waals surface area contributed by atoms with Gasteiger partial charge in [-0.05, 0) is 90.8 Å². The summed E-state index contributed by atoms with van der Waals surface area (Å²) in [5, 5.41) is 14.8. The van der Waals surface area contributed by atoms with Crippen molar-refractivity contribution in [1.82, 2.24) is 31.9 Å². The third-order valence-electron chi connectivity index (χ3n) is 9.14. The number of rotatable bonds is 34. The van der Waals surface area contributed by atoms with Gasteiger partial charge in [0.2, 0.25) is 59.1 Å². The molecule has 0 aliphatic heterocycles. The van der Waals surface area contributed by atoms with Crippen molar-refractivity contribution in [1.29, 1.82) is 0 Å². The molecule has 22 N–H and O–H groups in total. The summed E-state index contributed by atoms with van der Waals surface area (Å²) in [4.78, 5) is 139. The highest BCUT2D eigenvalue weighted by Gasteiger charge is 2.33. The van der Waals surface area contributed by atoms with E-state index in [4.69, 9.17) is 45.9 Å². The molecule has 61 heavy (non-hydrogen) atoms. The maximum atomic E-state index is 13.8. The molecule has 0 aromatic rings. The molecule has 10 amide bonds. The van der Waals surface area contributed by atoms with Gasteiger partial charge in [-0.25, -0.2) is 0 Å². The third-order valence-corrected chi connectivity index (χ3v) is 9.14. The summed E-state index contributed by atoms with van der Waals surface area (Å²) in [6.45, 7) is 1.62. The van der Waals surface area contributed by atoms with E-state index in [1.807, 2.05) is 0 Å². The summed E-state index contributed by atoms with van der Waals surface area (Å²) < 4.78 is 0. The Morgan fingerprint density at radius 3 is 0.852 bits per heavy atom. The van der Waals surface area contributed by atoms with Gasteiger partial charge in [0, 0.05) is 25.7 Å². The minimum absolute atomic E-state index is 0.0568. The van der Waals surface area contributed by atoms with Crippen LogP contribution in [-0.2, 0) is 52.7 Å². The Morgan fingerprint density at radius 2 is 0.590 bits per heavy atom. The fourth-order valence-corrected chi connectivity index (χ4v) is 5.62. The second kappa shape index (κ2) is 30.3. The van der Waals surface area contributed by atoms with Crippen LogP contribution < -0.4 is 77.8 Å². The van der Waals surface area contributed by atoms with Gasteiger partial charge >= 0.3 is 0 Å². The summed E-state index contributed by atoms with van der Waals surface area (Å²) in [6.07, 6.45) is -1.71. The maximum absolute atomic E-state index is 13.8. The van der Waals surface area contributed by atoms with Crippen molar-refractivity contribution < 1.29 is 52.7 Å². The van der Waals surface area contributed by atoms with E-state index in [1.54, 1.807) is 0 Å². The number of nitrogens with one attached hydrogen (secondary N) is 6. The molecule has 0 rings (SSSR count). The molecule has 0 saturated heterocycles. The Hall–Kier alpha value is -5.79. The lowest BCUT2D eigenvalue weighted by atomic mass is 10.0. The topological polar surface area (TPSA) is 468 Å². The van der Waals surface area contributed by atoms with Crippen LogP contribution in [0.2, 0.25) is 0 Å². The van der Waals surface area contributed by atoms with Crippen molar-refractivity contribution in [3.8, 4) is 0 Å². The predicted octanol–water partition coefficient (Wildman–Crippen LogP) is -6.91. The van der Waals surface area contributed by atoms with Gasteiger partial charge in [-0.15, -0.1) is 0 Å². The Balaban J connectivity index is 6.46. The Morgan fingerprint density at radius 1 is 0.361 bits per heavy atom. The molecular formula is C36H66N14O11. The van der Waals surface area contributed by atoms with E-state index >= 15 is 0 Å². The molecule has 0 spiro atoms. The molecule has 0 aliphatic carbocycles. The van der Waals surface area contributed by atoms with Crippen molar-refractivity contribution in [2.75, 3.05) is 19.6 Å². The second-order valence-electron chi connectivity index (χ2n) is 14.4. The van der Waals surface area contributed by atoms with Gasteiger partial charge in [0.05, 0.1) is 12.1 Å². The Labute approximate surface area is 353 Å². The molecule has 25 heteroatoms. The zero-order valence-corrected chi connectivity index (χ0v) is 34.7. The highest BCUT2D eigenvalue weighted by Crippen LogP contribution is 2.09. The van der Waals surface area contributed by atoms with E-state index in [-0.39, 0.29) is 102 Å². The normalized spacial score (nSPS) is 14.3. The molecule has 0 aromatic carbocycles. The number of hydrogen-bond donors (Lipinski definition) is 14. The van der Waals surface area contributed by atoms with Crippen LogP contribution in [0.1, 0.15) is 96.8 Å². The molecule has 0 heterocycles. The first-order valence-electron chi connectivity index (χ1n) is 20.0. The lowest BCUT2D eigenvalue weighted by molar-refractivity contribution is -0.136. The number of nitrogens with two attached hydrogens (primary N) is 8. The molecule has 346 valence electrons. The van der Waals surface area contributed by atoms with E-state index in [9.17, 15) is 52.7 Å². The van der Waals surface area contributed by atoms with Gasteiger partial charge in [0.15, 0.2) is 5.78 Å². The number of hydrogen-bond acceptors (Lipinski definition) is 15. The Bertz CT molecular complexity index is 1530. The summed E-state index contributed by atoms with van der Waals surface area (Å²) >= 11 is 0. The van der Waals surface area contributed by atoms with Crippen LogP contribution >= 0.6 is 0 Å². The van der Waals surface area contributed by atoms with Crippen LogP contribution in [0.5, 0.6) is 0 Å².